The molecule has 0 fully saturated rings. The number of allylic oxidation sites excluding steroid dienone is 7. The minimum absolute atomic E-state index is 1.18. The van der Waals surface area contributed by atoms with E-state index in [9.17, 15) is 0 Å². The van der Waals surface area contributed by atoms with Crippen LogP contribution >= 0.6 is 0 Å². The van der Waals surface area contributed by atoms with Crippen LogP contribution < -0.4 is 0 Å². The van der Waals surface area contributed by atoms with Crippen molar-refractivity contribution in [1.82, 2.24) is 0 Å². The van der Waals surface area contributed by atoms with Gasteiger partial charge in [0.25, 0.3) is 0 Å². The van der Waals surface area contributed by atoms with Gasteiger partial charge in [-0.15, -0.1) is 0 Å². The Kier molecular flexibility index (Phi) is 5.45. The first-order valence-electron chi connectivity index (χ1n) is 3.43. The van der Waals surface area contributed by atoms with E-state index >= 15 is 0 Å². The summed E-state index contributed by atoms with van der Waals surface area (Å²) in [6, 6.07) is 0. The summed E-state index contributed by atoms with van der Waals surface area (Å²) in [5, 5.41) is 0. The molecule has 0 bridgehead atoms. The highest BCUT2D eigenvalue weighted by atomic mass is 13.8. The van der Waals surface area contributed by atoms with E-state index in [0.717, 1.165) is 0 Å². The molecule has 0 N–H and O–H groups in total. The molecule has 0 amide bonds. The Bertz CT molecular complexity index is 154. The van der Waals surface area contributed by atoms with Crippen molar-refractivity contribution in [3.63, 3.8) is 0 Å². The first-order chi connectivity index (χ1) is 4.85. The van der Waals surface area contributed by atoms with E-state index in [-0.39, 0.29) is 0 Å². The summed E-state index contributed by atoms with van der Waals surface area (Å²) in [6.07, 6.45) is 11.9. The molecule has 10 heavy (non-hydrogen) atoms. The Morgan fingerprint density at radius 1 is 1.10 bits per heavy atom. The van der Waals surface area contributed by atoms with E-state index in [2.05, 4.69) is 6.58 Å². The molecule has 0 aromatic carbocycles. The fourth-order valence-electron chi connectivity index (χ4n) is 0.688. The highest BCUT2D eigenvalue weighted by Gasteiger charge is 1.78. The van der Waals surface area contributed by atoms with Gasteiger partial charge in [-0.2, -0.15) is 0 Å². The third-order valence-corrected chi connectivity index (χ3v) is 1.03. The van der Waals surface area contributed by atoms with Crippen LogP contribution in [0.3, 0.4) is 0 Å². The summed E-state index contributed by atoms with van der Waals surface area (Å²) in [6.45, 7) is 7.62. The minimum atomic E-state index is 1.18. The Balaban J connectivity index is 4.25. The van der Waals surface area contributed by atoms with Gasteiger partial charge in [-0.1, -0.05) is 43.0 Å². The van der Waals surface area contributed by atoms with Crippen LogP contribution in [0.25, 0.3) is 0 Å². The van der Waals surface area contributed by atoms with Crippen LogP contribution in [0.4, 0.5) is 0 Å². The third kappa shape index (κ3) is 3.90. The first kappa shape index (κ1) is 8.96. The van der Waals surface area contributed by atoms with Gasteiger partial charge in [0.2, 0.25) is 0 Å². The van der Waals surface area contributed by atoms with Gasteiger partial charge >= 0.3 is 0 Å². The average Bonchev–Trinajstić information content (AvgIpc) is 1.90. The Hall–Kier alpha value is -1.04. The van der Waals surface area contributed by atoms with Gasteiger partial charge in [-0.25, -0.2) is 0 Å². The molecule has 0 atom stereocenters. The molecular weight excluding hydrogens is 120 g/mol. The second-order valence-corrected chi connectivity index (χ2v) is 1.90. The zero-order valence-corrected chi connectivity index (χ0v) is 6.67. The van der Waals surface area contributed by atoms with Crippen molar-refractivity contribution in [2.24, 2.45) is 0 Å². The zero-order valence-electron chi connectivity index (χ0n) is 6.67. The number of rotatable bonds is 3. The average molecular weight is 134 g/mol. The minimum Gasteiger partial charge on any atom is -0.0990 e. The number of hydrogen-bond donors (Lipinski definition) is 0. The maximum Gasteiger partial charge on any atom is -0.0263 e. The summed E-state index contributed by atoms with van der Waals surface area (Å²) in [5.74, 6) is 0. The molecule has 0 aliphatic heterocycles. The third-order valence-electron chi connectivity index (χ3n) is 1.03. The maximum absolute atomic E-state index is 3.62. The number of hydrogen-bond acceptors (Lipinski definition) is 0. The first-order valence-corrected chi connectivity index (χ1v) is 3.43. The molecule has 0 heterocycles. The molecule has 0 radical (unpaired) electrons. The fourth-order valence-corrected chi connectivity index (χ4v) is 0.688. The van der Waals surface area contributed by atoms with Gasteiger partial charge in [-0.05, 0) is 19.4 Å². The summed E-state index contributed by atoms with van der Waals surface area (Å²) >= 11 is 0. The lowest BCUT2D eigenvalue weighted by atomic mass is 10.2. The van der Waals surface area contributed by atoms with Gasteiger partial charge in [0.15, 0.2) is 0 Å². The lowest BCUT2D eigenvalue weighted by Crippen LogP contribution is -1.67. The van der Waals surface area contributed by atoms with Crippen molar-refractivity contribution < 1.29 is 0 Å². The molecular formula is C10H14. The quantitative estimate of drug-likeness (QED) is 0.520. The van der Waals surface area contributed by atoms with E-state index in [1.807, 2.05) is 44.2 Å². The Morgan fingerprint density at radius 3 is 1.90 bits per heavy atom. The lowest BCUT2D eigenvalue weighted by molar-refractivity contribution is 1.60. The van der Waals surface area contributed by atoms with Crippen LogP contribution in [0.2, 0.25) is 0 Å². The SMILES string of the molecule is C=C/C=C(C=CC)\C=C/C. The normalized spacial score (nSPS) is 13.2. The maximum atomic E-state index is 3.62. The van der Waals surface area contributed by atoms with E-state index in [1.54, 1.807) is 6.08 Å². The summed E-state index contributed by atoms with van der Waals surface area (Å²) < 4.78 is 0. The van der Waals surface area contributed by atoms with Gasteiger partial charge in [0.1, 0.15) is 0 Å². The van der Waals surface area contributed by atoms with E-state index < -0.39 is 0 Å². The Labute approximate surface area is 63.3 Å². The fraction of sp³-hybridized carbons (Fsp3) is 0.200. The second kappa shape index (κ2) is 6.09. The van der Waals surface area contributed by atoms with Crippen molar-refractivity contribution in [2.75, 3.05) is 0 Å². The summed E-state index contributed by atoms with van der Waals surface area (Å²) in [4.78, 5) is 0. The molecule has 0 rings (SSSR count). The molecule has 0 saturated carbocycles. The topological polar surface area (TPSA) is 0 Å². The predicted octanol–water partition coefficient (Wildman–Crippen LogP) is 3.25. The summed E-state index contributed by atoms with van der Waals surface area (Å²) in [7, 11) is 0. The largest absolute Gasteiger partial charge is 0.0990 e. The molecule has 0 saturated heterocycles. The molecule has 0 unspecified atom stereocenters. The van der Waals surface area contributed by atoms with Crippen LogP contribution in [0.5, 0.6) is 0 Å². The van der Waals surface area contributed by atoms with Gasteiger partial charge in [-0.3, -0.25) is 0 Å². The molecule has 0 aromatic heterocycles. The van der Waals surface area contributed by atoms with Crippen LogP contribution in [0.15, 0.2) is 48.6 Å². The smallest absolute Gasteiger partial charge is 0.0263 e. The summed E-state index contributed by atoms with van der Waals surface area (Å²) in [5.41, 5.74) is 1.18. The van der Waals surface area contributed by atoms with Crippen molar-refractivity contribution in [3.8, 4) is 0 Å². The van der Waals surface area contributed by atoms with Crippen molar-refractivity contribution in [1.29, 1.82) is 0 Å². The Morgan fingerprint density at radius 2 is 1.60 bits per heavy atom. The molecule has 0 aromatic rings. The predicted molar refractivity (Wildman–Crippen MR) is 47.9 cm³/mol. The van der Waals surface area contributed by atoms with E-state index in [1.165, 1.54) is 5.57 Å². The molecule has 0 aliphatic carbocycles. The van der Waals surface area contributed by atoms with Crippen molar-refractivity contribution in [2.45, 2.75) is 13.8 Å². The van der Waals surface area contributed by atoms with E-state index in [0.29, 0.717) is 0 Å². The zero-order chi connectivity index (χ0) is 7.82. The molecule has 54 valence electrons. The monoisotopic (exact) mass is 134 g/mol. The lowest BCUT2D eigenvalue weighted by Gasteiger charge is -1.87. The van der Waals surface area contributed by atoms with Gasteiger partial charge in [0, 0.05) is 0 Å². The second-order valence-electron chi connectivity index (χ2n) is 1.90. The standard InChI is InChI=1S/C10H14/c1-4-7-10(8-5-2)9-6-3/h4-9H,1H2,2-3H3/b8-5-,9-6?,10-7+. The van der Waals surface area contributed by atoms with Crippen LogP contribution in [0, 0.1) is 0 Å². The van der Waals surface area contributed by atoms with Gasteiger partial charge in [0.05, 0.1) is 0 Å². The van der Waals surface area contributed by atoms with Crippen LogP contribution in [0.1, 0.15) is 13.8 Å². The molecule has 0 aliphatic rings. The van der Waals surface area contributed by atoms with Crippen LogP contribution in [-0.2, 0) is 0 Å². The van der Waals surface area contributed by atoms with Crippen molar-refractivity contribution >= 4 is 0 Å². The molecule has 0 nitrogen and oxygen atoms in total. The van der Waals surface area contributed by atoms with Crippen molar-refractivity contribution in [3.05, 3.63) is 48.6 Å². The van der Waals surface area contributed by atoms with Gasteiger partial charge < -0.3 is 0 Å². The molecule has 0 heteroatoms. The van der Waals surface area contributed by atoms with E-state index in [4.69, 9.17) is 0 Å². The van der Waals surface area contributed by atoms with Crippen LogP contribution in [-0.4, -0.2) is 0 Å². The molecule has 0 spiro atoms. The highest BCUT2D eigenvalue weighted by Crippen LogP contribution is 1.98. The highest BCUT2D eigenvalue weighted by molar-refractivity contribution is 5.32.